The second kappa shape index (κ2) is 4.50. The Hall–Kier alpha value is -1.74. The lowest BCUT2D eigenvalue weighted by atomic mass is 10.0. The summed E-state index contributed by atoms with van der Waals surface area (Å²) in [5.74, 6) is 0.0833. The first-order valence-corrected chi connectivity index (χ1v) is 7.06. The van der Waals surface area contributed by atoms with Crippen LogP contribution in [0.25, 0.3) is 11.1 Å². The molecule has 2 aromatic rings. The van der Waals surface area contributed by atoms with Crippen molar-refractivity contribution in [2.24, 2.45) is 0 Å². The number of hydrogen-bond donors (Lipinski definition) is 1. The van der Waals surface area contributed by atoms with Gasteiger partial charge in [0.15, 0.2) is 0 Å². The van der Waals surface area contributed by atoms with E-state index in [0.717, 1.165) is 11.3 Å². The van der Waals surface area contributed by atoms with Crippen molar-refractivity contribution in [2.45, 2.75) is 11.3 Å². The highest BCUT2D eigenvalue weighted by Gasteiger charge is 2.17. The molecule has 3 rings (SSSR count). The first kappa shape index (κ1) is 11.4. The van der Waals surface area contributed by atoms with Gasteiger partial charge in [0, 0.05) is 10.6 Å². The molecule has 0 unspecified atom stereocenters. The average molecular weight is 255 g/mol. The number of thioether (sulfide) groups is 1. The van der Waals surface area contributed by atoms with E-state index < -0.39 is 0 Å². The summed E-state index contributed by atoms with van der Waals surface area (Å²) >= 11 is 1.74. The van der Waals surface area contributed by atoms with Crippen molar-refractivity contribution in [1.29, 1.82) is 0 Å². The van der Waals surface area contributed by atoms with Crippen molar-refractivity contribution in [3.63, 3.8) is 0 Å². The maximum absolute atomic E-state index is 11.3. The predicted octanol–water partition coefficient (Wildman–Crippen LogP) is 3.57. The Bertz CT molecular complexity index is 622. The van der Waals surface area contributed by atoms with Gasteiger partial charge in [-0.05, 0) is 47.2 Å². The molecule has 1 N–H and O–H groups in total. The van der Waals surface area contributed by atoms with Crippen LogP contribution >= 0.6 is 11.8 Å². The van der Waals surface area contributed by atoms with Gasteiger partial charge >= 0.3 is 0 Å². The minimum atomic E-state index is 0.0833. The smallest absolute Gasteiger partial charge is 0.228 e. The molecule has 3 heteroatoms. The number of fused-ring (bicyclic) bond motifs is 1. The molecule has 1 aliphatic rings. The van der Waals surface area contributed by atoms with Crippen LogP contribution in [-0.2, 0) is 11.2 Å². The molecule has 0 fully saturated rings. The minimum absolute atomic E-state index is 0.0833. The summed E-state index contributed by atoms with van der Waals surface area (Å²) in [6, 6.07) is 14.6. The molecule has 90 valence electrons. The lowest BCUT2D eigenvalue weighted by Crippen LogP contribution is -2.03. The Balaban J connectivity index is 2.02. The van der Waals surface area contributed by atoms with Gasteiger partial charge in [-0.2, -0.15) is 0 Å². The van der Waals surface area contributed by atoms with Gasteiger partial charge in [-0.3, -0.25) is 4.79 Å². The fraction of sp³-hybridized carbons (Fsp3) is 0.133. The first-order chi connectivity index (χ1) is 8.76. The fourth-order valence-electron chi connectivity index (χ4n) is 2.21. The third-order valence-electron chi connectivity index (χ3n) is 3.13. The standard InChI is InChI=1S/C15H13NOS/c1-18-13-4-2-3-10(8-13)11-5-6-14-12(7-11)9-15(17)16-14/h2-8H,9H2,1H3,(H,16,17). The zero-order valence-corrected chi connectivity index (χ0v) is 10.9. The molecular formula is C15H13NOS. The van der Waals surface area contributed by atoms with E-state index in [1.165, 1.54) is 16.0 Å². The number of benzene rings is 2. The van der Waals surface area contributed by atoms with Crippen LogP contribution in [0, 0.1) is 0 Å². The van der Waals surface area contributed by atoms with E-state index in [2.05, 4.69) is 48.0 Å². The predicted molar refractivity (Wildman–Crippen MR) is 76.0 cm³/mol. The van der Waals surface area contributed by atoms with Crippen LogP contribution in [0.3, 0.4) is 0 Å². The maximum Gasteiger partial charge on any atom is 0.228 e. The summed E-state index contributed by atoms with van der Waals surface area (Å²) in [6.07, 6.45) is 2.57. The maximum atomic E-state index is 11.3. The zero-order valence-electron chi connectivity index (χ0n) is 10.1. The van der Waals surface area contributed by atoms with Crippen molar-refractivity contribution >= 4 is 23.4 Å². The molecule has 1 amide bonds. The van der Waals surface area contributed by atoms with E-state index in [0.29, 0.717) is 6.42 Å². The van der Waals surface area contributed by atoms with Crippen molar-refractivity contribution < 1.29 is 4.79 Å². The third-order valence-corrected chi connectivity index (χ3v) is 3.86. The van der Waals surface area contributed by atoms with Gasteiger partial charge in [-0.25, -0.2) is 0 Å². The number of hydrogen-bond acceptors (Lipinski definition) is 2. The molecule has 0 saturated carbocycles. The van der Waals surface area contributed by atoms with Crippen LogP contribution in [0.4, 0.5) is 5.69 Å². The van der Waals surface area contributed by atoms with Gasteiger partial charge in [-0.15, -0.1) is 11.8 Å². The van der Waals surface area contributed by atoms with E-state index in [9.17, 15) is 4.79 Å². The number of nitrogens with one attached hydrogen (secondary N) is 1. The van der Waals surface area contributed by atoms with Gasteiger partial charge < -0.3 is 5.32 Å². The van der Waals surface area contributed by atoms with Crippen molar-refractivity contribution in [2.75, 3.05) is 11.6 Å². The summed E-state index contributed by atoms with van der Waals surface area (Å²) < 4.78 is 0. The van der Waals surface area contributed by atoms with E-state index in [4.69, 9.17) is 0 Å². The monoisotopic (exact) mass is 255 g/mol. The lowest BCUT2D eigenvalue weighted by molar-refractivity contribution is -0.115. The second-order valence-corrected chi connectivity index (χ2v) is 5.21. The largest absolute Gasteiger partial charge is 0.326 e. The second-order valence-electron chi connectivity index (χ2n) is 4.33. The van der Waals surface area contributed by atoms with E-state index in [-0.39, 0.29) is 5.91 Å². The van der Waals surface area contributed by atoms with Gasteiger partial charge in [0.2, 0.25) is 5.91 Å². The van der Waals surface area contributed by atoms with Crippen molar-refractivity contribution in [3.8, 4) is 11.1 Å². The number of amides is 1. The normalized spacial score (nSPS) is 13.3. The Morgan fingerprint density at radius 2 is 1.94 bits per heavy atom. The molecule has 0 saturated heterocycles. The summed E-state index contributed by atoms with van der Waals surface area (Å²) in [6.45, 7) is 0. The molecule has 0 radical (unpaired) electrons. The molecule has 18 heavy (non-hydrogen) atoms. The first-order valence-electron chi connectivity index (χ1n) is 5.83. The van der Waals surface area contributed by atoms with Gasteiger partial charge in [-0.1, -0.05) is 18.2 Å². The van der Waals surface area contributed by atoms with Crippen LogP contribution in [0.15, 0.2) is 47.4 Å². The number of carbonyl (C=O) groups is 1. The topological polar surface area (TPSA) is 29.1 Å². The van der Waals surface area contributed by atoms with Crippen LogP contribution in [0.5, 0.6) is 0 Å². The SMILES string of the molecule is CSc1cccc(-c2ccc3c(c2)CC(=O)N3)c1. The molecule has 0 atom stereocenters. The highest BCUT2D eigenvalue weighted by molar-refractivity contribution is 7.98. The number of anilines is 1. The van der Waals surface area contributed by atoms with Crippen LogP contribution in [-0.4, -0.2) is 12.2 Å². The Labute approximate surface area is 110 Å². The molecule has 0 aliphatic carbocycles. The lowest BCUT2D eigenvalue weighted by Gasteiger charge is -2.06. The van der Waals surface area contributed by atoms with E-state index in [1.807, 2.05) is 6.07 Å². The highest BCUT2D eigenvalue weighted by atomic mass is 32.2. The van der Waals surface area contributed by atoms with Crippen molar-refractivity contribution in [1.82, 2.24) is 0 Å². The Morgan fingerprint density at radius 3 is 2.78 bits per heavy atom. The molecule has 0 spiro atoms. The van der Waals surface area contributed by atoms with Crippen LogP contribution in [0.1, 0.15) is 5.56 Å². The van der Waals surface area contributed by atoms with Crippen LogP contribution < -0.4 is 5.32 Å². The molecule has 1 heterocycles. The van der Waals surface area contributed by atoms with Crippen molar-refractivity contribution in [3.05, 3.63) is 48.0 Å². The summed E-state index contributed by atoms with van der Waals surface area (Å²) in [7, 11) is 0. The number of rotatable bonds is 2. The zero-order chi connectivity index (χ0) is 12.5. The quantitative estimate of drug-likeness (QED) is 0.831. The van der Waals surface area contributed by atoms with Gasteiger partial charge in [0.05, 0.1) is 6.42 Å². The molecule has 1 aliphatic heterocycles. The molecule has 0 aromatic heterocycles. The minimum Gasteiger partial charge on any atom is -0.326 e. The highest BCUT2D eigenvalue weighted by Crippen LogP contribution is 2.30. The Morgan fingerprint density at radius 1 is 1.11 bits per heavy atom. The fourth-order valence-corrected chi connectivity index (χ4v) is 2.67. The van der Waals surface area contributed by atoms with E-state index in [1.54, 1.807) is 11.8 Å². The summed E-state index contributed by atoms with van der Waals surface area (Å²) in [5, 5.41) is 2.86. The molecular weight excluding hydrogens is 242 g/mol. The molecule has 2 nitrogen and oxygen atoms in total. The van der Waals surface area contributed by atoms with Gasteiger partial charge in [0.1, 0.15) is 0 Å². The average Bonchev–Trinajstić information content (AvgIpc) is 2.77. The Kier molecular flexibility index (Phi) is 2.84. The van der Waals surface area contributed by atoms with Gasteiger partial charge in [0.25, 0.3) is 0 Å². The van der Waals surface area contributed by atoms with E-state index >= 15 is 0 Å². The summed E-state index contributed by atoms with van der Waals surface area (Å²) in [4.78, 5) is 12.6. The summed E-state index contributed by atoms with van der Waals surface area (Å²) in [5.41, 5.74) is 4.40. The number of carbonyl (C=O) groups excluding carboxylic acids is 1. The molecule has 2 aromatic carbocycles. The third kappa shape index (κ3) is 2.02. The van der Waals surface area contributed by atoms with Crippen LogP contribution in [0.2, 0.25) is 0 Å². The molecule has 0 bridgehead atoms.